The Bertz CT molecular complexity index is 898. The van der Waals surface area contributed by atoms with Crippen LogP contribution in [0.4, 0.5) is 11.6 Å². The van der Waals surface area contributed by atoms with Gasteiger partial charge in [0.15, 0.2) is 11.0 Å². The van der Waals surface area contributed by atoms with Crippen molar-refractivity contribution in [2.75, 3.05) is 36.6 Å². The van der Waals surface area contributed by atoms with Crippen LogP contribution >= 0.6 is 11.8 Å². The van der Waals surface area contributed by atoms with Gasteiger partial charge in [-0.25, -0.2) is 9.97 Å². The van der Waals surface area contributed by atoms with Crippen LogP contribution in [0.1, 0.15) is 5.69 Å². The second-order valence-electron chi connectivity index (χ2n) is 5.56. The minimum absolute atomic E-state index is 0.160. The molecule has 0 unspecified atom stereocenters. The van der Waals surface area contributed by atoms with Crippen molar-refractivity contribution in [1.82, 2.24) is 20.2 Å². The number of fused-ring (bicyclic) bond motifs is 1. The van der Waals surface area contributed by atoms with Gasteiger partial charge in [0.1, 0.15) is 5.82 Å². The summed E-state index contributed by atoms with van der Waals surface area (Å²) in [5.74, 6) is 1.28. The second kappa shape index (κ2) is 8.63. The quantitative estimate of drug-likeness (QED) is 0.317. The van der Waals surface area contributed by atoms with E-state index < -0.39 is 0 Å². The third kappa shape index (κ3) is 4.70. The number of amides is 1. The van der Waals surface area contributed by atoms with E-state index in [-0.39, 0.29) is 11.7 Å². The van der Waals surface area contributed by atoms with Crippen LogP contribution < -0.4 is 10.6 Å². The maximum absolute atomic E-state index is 12.1. The molecule has 0 saturated heterocycles. The van der Waals surface area contributed by atoms with Crippen LogP contribution in [-0.4, -0.2) is 52.1 Å². The number of H-pyrrole nitrogens is 1. The number of rotatable bonds is 8. The lowest BCUT2D eigenvalue weighted by Gasteiger charge is -2.10. The summed E-state index contributed by atoms with van der Waals surface area (Å²) in [7, 11) is 1.65. The molecule has 0 spiro atoms. The van der Waals surface area contributed by atoms with E-state index in [9.17, 15) is 4.79 Å². The lowest BCUT2D eigenvalue weighted by atomic mass is 10.2. The van der Waals surface area contributed by atoms with E-state index in [1.165, 1.54) is 11.8 Å². The summed E-state index contributed by atoms with van der Waals surface area (Å²) < 4.78 is 5.07. The highest BCUT2D eigenvalue weighted by atomic mass is 32.2. The summed E-state index contributed by atoms with van der Waals surface area (Å²) in [6.45, 7) is 3.09. The fourth-order valence-electron chi connectivity index (χ4n) is 2.32. The van der Waals surface area contributed by atoms with Gasteiger partial charge in [0.2, 0.25) is 5.91 Å². The van der Waals surface area contributed by atoms with Gasteiger partial charge in [-0.1, -0.05) is 23.9 Å². The van der Waals surface area contributed by atoms with Crippen LogP contribution in [0.25, 0.3) is 10.9 Å². The van der Waals surface area contributed by atoms with Crippen LogP contribution in [0.2, 0.25) is 0 Å². The topological polar surface area (TPSA) is 105 Å². The first-order chi connectivity index (χ1) is 12.7. The van der Waals surface area contributed by atoms with Gasteiger partial charge in [-0.3, -0.25) is 9.89 Å². The third-order valence-electron chi connectivity index (χ3n) is 3.49. The SMILES string of the molecule is COCCNc1nc(SCC(=O)Nc2cc(C)[nH]n2)nc2ccccc12. The van der Waals surface area contributed by atoms with Crippen LogP contribution in [-0.2, 0) is 9.53 Å². The molecule has 3 rings (SSSR count). The zero-order chi connectivity index (χ0) is 18.4. The number of aryl methyl sites for hydroxylation is 1. The van der Waals surface area contributed by atoms with Crippen LogP contribution in [0.3, 0.4) is 0 Å². The minimum atomic E-state index is -0.160. The Hall–Kier alpha value is -2.65. The summed E-state index contributed by atoms with van der Waals surface area (Å²) in [4.78, 5) is 21.1. The molecule has 26 heavy (non-hydrogen) atoms. The molecule has 2 heterocycles. The van der Waals surface area contributed by atoms with Crippen LogP contribution in [0, 0.1) is 6.92 Å². The van der Waals surface area contributed by atoms with Crippen molar-refractivity contribution in [3.63, 3.8) is 0 Å². The van der Waals surface area contributed by atoms with Crippen molar-refractivity contribution < 1.29 is 9.53 Å². The lowest BCUT2D eigenvalue weighted by molar-refractivity contribution is -0.113. The number of benzene rings is 1. The normalized spacial score (nSPS) is 10.8. The van der Waals surface area contributed by atoms with E-state index in [0.29, 0.717) is 24.1 Å². The van der Waals surface area contributed by atoms with Gasteiger partial charge < -0.3 is 15.4 Å². The lowest BCUT2D eigenvalue weighted by Crippen LogP contribution is -2.15. The number of nitrogens with one attached hydrogen (secondary N) is 3. The zero-order valence-electron chi connectivity index (χ0n) is 14.6. The Kier molecular flexibility index (Phi) is 6.03. The average Bonchev–Trinajstić information content (AvgIpc) is 3.05. The summed E-state index contributed by atoms with van der Waals surface area (Å²) in [6.07, 6.45) is 0. The Morgan fingerprint density at radius 2 is 2.15 bits per heavy atom. The van der Waals surface area contributed by atoms with Crippen molar-refractivity contribution >= 4 is 40.2 Å². The monoisotopic (exact) mass is 372 g/mol. The molecule has 0 atom stereocenters. The number of aromatic amines is 1. The third-order valence-corrected chi connectivity index (χ3v) is 4.33. The molecule has 0 aliphatic rings. The number of anilines is 2. The van der Waals surface area contributed by atoms with Gasteiger partial charge in [-0.2, -0.15) is 5.10 Å². The average molecular weight is 372 g/mol. The molecular weight excluding hydrogens is 352 g/mol. The number of carbonyl (C=O) groups is 1. The summed E-state index contributed by atoms with van der Waals surface area (Å²) in [5.41, 5.74) is 1.71. The molecular formula is C17H20N6O2S. The predicted octanol–water partition coefficient (Wildman–Crippen LogP) is 2.45. The smallest absolute Gasteiger partial charge is 0.236 e. The highest BCUT2D eigenvalue weighted by molar-refractivity contribution is 7.99. The highest BCUT2D eigenvalue weighted by Crippen LogP contribution is 2.24. The Labute approximate surface area is 155 Å². The first-order valence-corrected chi connectivity index (χ1v) is 9.08. The Morgan fingerprint density at radius 1 is 1.31 bits per heavy atom. The molecule has 1 aromatic carbocycles. The van der Waals surface area contributed by atoms with Crippen molar-refractivity contribution in [2.45, 2.75) is 12.1 Å². The van der Waals surface area contributed by atoms with Gasteiger partial charge in [0.25, 0.3) is 0 Å². The van der Waals surface area contributed by atoms with E-state index >= 15 is 0 Å². The molecule has 0 aliphatic carbocycles. The summed E-state index contributed by atoms with van der Waals surface area (Å²) in [5, 5.41) is 14.2. The number of aromatic nitrogens is 4. The molecule has 0 radical (unpaired) electrons. The van der Waals surface area contributed by atoms with Gasteiger partial charge >= 0.3 is 0 Å². The van der Waals surface area contributed by atoms with Gasteiger partial charge in [-0.15, -0.1) is 0 Å². The number of hydrogen-bond acceptors (Lipinski definition) is 7. The predicted molar refractivity (Wildman–Crippen MR) is 103 cm³/mol. The van der Waals surface area contributed by atoms with E-state index in [1.807, 2.05) is 31.2 Å². The molecule has 3 aromatic rings. The number of methoxy groups -OCH3 is 1. The van der Waals surface area contributed by atoms with Gasteiger partial charge in [0, 0.05) is 30.8 Å². The Balaban J connectivity index is 1.69. The maximum Gasteiger partial charge on any atom is 0.236 e. The van der Waals surface area contributed by atoms with Crippen LogP contribution in [0.15, 0.2) is 35.5 Å². The number of carbonyl (C=O) groups excluding carboxylic acids is 1. The molecule has 0 fully saturated rings. The summed E-state index contributed by atoms with van der Waals surface area (Å²) >= 11 is 1.28. The number of hydrogen-bond donors (Lipinski definition) is 3. The number of ether oxygens (including phenoxy) is 1. The summed E-state index contributed by atoms with van der Waals surface area (Å²) in [6, 6.07) is 9.53. The number of para-hydroxylation sites is 1. The maximum atomic E-state index is 12.1. The molecule has 1 amide bonds. The number of thioether (sulfide) groups is 1. The van der Waals surface area contributed by atoms with Gasteiger partial charge in [0.05, 0.1) is 17.9 Å². The molecule has 0 aliphatic heterocycles. The molecule has 136 valence electrons. The first-order valence-electron chi connectivity index (χ1n) is 8.10. The molecule has 0 saturated carbocycles. The molecule has 0 bridgehead atoms. The van der Waals surface area contributed by atoms with Gasteiger partial charge in [-0.05, 0) is 19.1 Å². The first kappa shape index (κ1) is 18.2. The Morgan fingerprint density at radius 3 is 2.92 bits per heavy atom. The highest BCUT2D eigenvalue weighted by Gasteiger charge is 2.11. The van der Waals surface area contributed by atoms with E-state index in [1.54, 1.807) is 13.2 Å². The van der Waals surface area contributed by atoms with Crippen molar-refractivity contribution in [2.24, 2.45) is 0 Å². The fourth-order valence-corrected chi connectivity index (χ4v) is 2.97. The van der Waals surface area contributed by atoms with E-state index in [0.717, 1.165) is 22.4 Å². The van der Waals surface area contributed by atoms with Crippen molar-refractivity contribution in [1.29, 1.82) is 0 Å². The fraction of sp³-hybridized carbons (Fsp3) is 0.294. The molecule has 8 nitrogen and oxygen atoms in total. The molecule has 2 aromatic heterocycles. The van der Waals surface area contributed by atoms with Crippen LogP contribution in [0.5, 0.6) is 0 Å². The number of nitrogens with zero attached hydrogens (tertiary/aromatic N) is 3. The standard InChI is InChI=1S/C17H20N6O2S/c1-11-9-14(23-22-11)20-15(24)10-26-17-19-13-6-4-3-5-12(13)16(21-17)18-7-8-25-2/h3-6,9H,7-8,10H2,1-2H3,(H,18,19,21)(H2,20,22,23,24). The largest absolute Gasteiger partial charge is 0.383 e. The van der Waals surface area contributed by atoms with Crippen molar-refractivity contribution in [3.8, 4) is 0 Å². The van der Waals surface area contributed by atoms with E-state index in [2.05, 4.69) is 30.8 Å². The van der Waals surface area contributed by atoms with E-state index in [4.69, 9.17) is 4.74 Å². The molecule has 3 N–H and O–H groups in total. The van der Waals surface area contributed by atoms with Crippen molar-refractivity contribution in [3.05, 3.63) is 36.0 Å². The zero-order valence-corrected chi connectivity index (χ0v) is 15.4. The molecule has 9 heteroatoms. The minimum Gasteiger partial charge on any atom is -0.383 e. The second-order valence-corrected chi connectivity index (χ2v) is 6.51.